The van der Waals surface area contributed by atoms with Crippen molar-refractivity contribution < 1.29 is 14.7 Å². The van der Waals surface area contributed by atoms with Gasteiger partial charge in [0.25, 0.3) is 0 Å². The highest BCUT2D eigenvalue weighted by molar-refractivity contribution is 5.86. The van der Waals surface area contributed by atoms with E-state index in [0.717, 1.165) is 25.9 Å². The van der Waals surface area contributed by atoms with Gasteiger partial charge in [0, 0.05) is 13.1 Å². The van der Waals surface area contributed by atoms with Crippen LogP contribution in [0.25, 0.3) is 0 Å². The van der Waals surface area contributed by atoms with Crippen LogP contribution in [0.2, 0.25) is 0 Å². The van der Waals surface area contributed by atoms with Gasteiger partial charge in [0.15, 0.2) is 0 Å². The number of carboxylic acids is 1. The number of piperazine rings is 1. The molecule has 2 N–H and O–H groups in total. The lowest BCUT2D eigenvalue weighted by Crippen LogP contribution is -2.56. The van der Waals surface area contributed by atoms with E-state index in [1.54, 1.807) is 0 Å². The molecule has 0 bridgehead atoms. The van der Waals surface area contributed by atoms with Crippen LogP contribution in [0.3, 0.4) is 0 Å². The number of unbranched alkanes of at least 4 members (excludes halogenated alkanes) is 3. The minimum atomic E-state index is -0.911. The summed E-state index contributed by atoms with van der Waals surface area (Å²) < 4.78 is 0. The van der Waals surface area contributed by atoms with E-state index < -0.39 is 12.0 Å². The molecule has 0 aliphatic carbocycles. The average molecular weight is 242 g/mol. The normalized spacial score (nSPS) is 21.2. The molecule has 1 atom stereocenters. The zero-order chi connectivity index (χ0) is 12.7. The van der Waals surface area contributed by atoms with E-state index in [1.807, 2.05) is 4.90 Å². The Morgan fingerprint density at radius 3 is 2.88 bits per heavy atom. The average Bonchev–Trinajstić information content (AvgIpc) is 2.28. The fraction of sp³-hybridized carbons (Fsp3) is 0.833. The number of amides is 1. The van der Waals surface area contributed by atoms with E-state index in [0.29, 0.717) is 6.54 Å². The quantitative estimate of drug-likeness (QED) is 0.649. The van der Waals surface area contributed by atoms with Gasteiger partial charge in [0.05, 0.1) is 12.5 Å². The number of hydrogen-bond donors (Lipinski definition) is 2. The Kier molecular flexibility index (Phi) is 5.97. The molecule has 17 heavy (non-hydrogen) atoms. The van der Waals surface area contributed by atoms with Crippen LogP contribution >= 0.6 is 0 Å². The van der Waals surface area contributed by atoms with Gasteiger partial charge in [-0.15, -0.1) is 0 Å². The van der Waals surface area contributed by atoms with Gasteiger partial charge in [-0.3, -0.25) is 14.5 Å². The SMILES string of the molecule is CCCCCCN1CCNC(=O)C1CC(=O)O. The third kappa shape index (κ3) is 4.73. The zero-order valence-electron chi connectivity index (χ0n) is 10.4. The molecule has 0 aromatic carbocycles. The van der Waals surface area contributed by atoms with E-state index in [1.165, 1.54) is 12.8 Å². The molecular formula is C12H22N2O3. The monoisotopic (exact) mass is 242 g/mol. The maximum Gasteiger partial charge on any atom is 0.305 e. The smallest absolute Gasteiger partial charge is 0.305 e. The first kappa shape index (κ1) is 14.0. The minimum absolute atomic E-state index is 0.0976. The second-order valence-corrected chi connectivity index (χ2v) is 4.50. The van der Waals surface area contributed by atoms with Crippen LogP contribution in [0.5, 0.6) is 0 Å². The van der Waals surface area contributed by atoms with Gasteiger partial charge in [-0.05, 0) is 13.0 Å². The third-order valence-corrected chi connectivity index (χ3v) is 3.11. The highest BCUT2D eigenvalue weighted by Crippen LogP contribution is 2.11. The van der Waals surface area contributed by atoms with Crippen LogP contribution < -0.4 is 5.32 Å². The lowest BCUT2D eigenvalue weighted by molar-refractivity contribution is -0.143. The van der Waals surface area contributed by atoms with Gasteiger partial charge in [0.1, 0.15) is 0 Å². The van der Waals surface area contributed by atoms with Crippen LogP contribution in [-0.4, -0.2) is 47.6 Å². The summed E-state index contributed by atoms with van der Waals surface area (Å²) in [5.74, 6) is -1.06. The maximum absolute atomic E-state index is 11.6. The molecule has 0 spiro atoms. The number of aliphatic carboxylic acids is 1. The molecule has 0 aromatic heterocycles. The first-order valence-corrected chi connectivity index (χ1v) is 6.38. The largest absolute Gasteiger partial charge is 0.481 e. The number of hydrogen-bond acceptors (Lipinski definition) is 3. The molecule has 0 radical (unpaired) electrons. The molecule has 1 rings (SSSR count). The summed E-state index contributed by atoms with van der Waals surface area (Å²) in [6.45, 7) is 4.37. The number of rotatable bonds is 7. The van der Waals surface area contributed by atoms with Gasteiger partial charge >= 0.3 is 5.97 Å². The van der Waals surface area contributed by atoms with Crippen molar-refractivity contribution in [2.24, 2.45) is 0 Å². The Bertz CT molecular complexity index is 268. The fourth-order valence-corrected chi connectivity index (χ4v) is 2.16. The fourth-order valence-electron chi connectivity index (χ4n) is 2.16. The van der Waals surface area contributed by atoms with Gasteiger partial charge in [-0.1, -0.05) is 26.2 Å². The van der Waals surface area contributed by atoms with Crippen LogP contribution in [0, 0.1) is 0 Å². The summed E-state index contributed by atoms with van der Waals surface area (Å²) in [5.41, 5.74) is 0. The Hall–Kier alpha value is -1.10. The van der Waals surface area contributed by atoms with Crippen molar-refractivity contribution in [3.05, 3.63) is 0 Å². The number of nitrogens with one attached hydrogen (secondary N) is 1. The molecule has 5 heteroatoms. The van der Waals surface area contributed by atoms with Crippen LogP contribution in [0.1, 0.15) is 39.0 Å². The molecule has 0 aromatic rings. The number of carbonyl (C=O) groups is 2. The zero-order valence-corrected chi connectivity index (χ0v) is 10.4. The van der Waals surface area contributed by atoms with Crippen molar-refractivity contribution in [2.45, 2.75) is 45.1 Å². The Balaban J connectivity index is 2.42. The van der Waals surface area contributed by atoms with Crippen molar-refractivity contribution in [3.8, 4) is 0 Å². The molecule has 1 fully saturated rings. The molecular weight excluding hydrogens is 220 g/mol. The van der Waals surface area contributed by atoms with Crippen LogP contribution in [-0.2, 0) is 9.59 Å². The predicted octanol–water partition coefficient (Wildman–Crippen LogP) is 0.842. The number of carboxylic acid groups (broad SMARTS) is 1. The van der Waals surface area contributed by atoms with E-state index in [-0.39, 0.29) is 12.3 Å². The van der Waals surface area contributed by atoms with Crippen molar-refractivity contribution in [1.82, 2.24) is 10.2 Å². The van der Waals surface area contributed by atoms with Crippen LogP contribution in [0.15, 0.2) is 0 Å². The lowest BCUT2D eigenvalue weighted by atomic mass is 10.1. The van der Waals surface area contributed by atoms with Crippen molar-refractivity contribution in [2.75, 3.05) is 19.6 Å². The Labute approximate surface area is 102 Å². The topological polar surface area (TPSA) is 69.6 Å². The molecule has 1 heterocycles. The first-order valence-electron chi connectivity index (χ1n) is 6.38. The summed E-state index contributed by atoms with van der Waals surface area (Å²) in [6, 6.07) is -0.483. The van der Waals surface area contributed by atoms with E-state index in [2.05, 4.69) is 12.2 Å². The second kappa shape index (κ2) is 7.27. The summed E-state index contributed by atoms with van der Waals surface area (Å²) in [7, 11) is 0. The Morgan fingerprint density at radius 2 is 2.24 bits per heavy atom. The highest BCUT2D eigenvalue weighted by atomic mass is 16.4. The van der Waals surface area contributed by atoms with Crippen molar-refractivity contribution in [3.63, 3.8) is 0 Å². The van der Waals surface area contributed by atoms with E-state index in [9.17, 15) is 9.59 Å². The molecule has 1 saturated heterocycles. The summed E-state index contributed by atoms with van der Waals surface area (Å²) in [4.78, 5) is 24.3. The van der Waals surface area contributed by atoms with Crippen molar-refractivity contribution >= 4 is 11.9 Å². The molecule has 1 unspecified atom stereocenters. The lowest BCUT2D eigenvalue weighted by Gasteiger charge is -2.34. The molecule has 5 nitrogen and oxygen atoms in total. The van der Waals surface area contributed by atoms with Crippen LogP contribution in [0.4, 0.5) is 0 Å². The number of nitrogens with zero attached hydrogens (tertiary/aromatic N) is 1. The van der Waals surface area contributed by atoms with E-state index >= 15 is 0 Å². The standard InChI is InChI=1S/C12H22N2O3/c1-2-3-4-5-7-14-8-6-13-12(17)10(14)9-11(15)16/h10H,2-9H2,1H3,(H,13,17)(H,15,16). The summed E-state index contributed by atoms with van der Waals surface area (Å²) >= 11 is 0. The molecule has 1 aliphatic heterocycles. The molecule has 1 aliphatic rings. The molecule has 98 valence electrons. The summed E-state index contributed by atoms with van der Waals surface area (Å²) in [6.07, 6.45) is 4.47. The second-order valence-electron chi connectivity index (χ2n) is 4.50. The number of carbonyl (C=O) groups excluding carboxylic acids is 1. The van der Waals surface area contributed by atoms with Gasteiger partial charge in [-0.25, -0.2) is 0 Å². The molecule has 0 saturated carbocycles. The first-order chi connectivity index (χ1) is 8.15. The predicted molar refractivity (Wildman–Crippen MR) is 64.8 cm³/mol. The third-order valence-electron chi connectivity index (χ3n) is 3.11. The van der Waals surface area contributed by atoms with E-state index in [4.69, 9.17) is 5.11 Å². The van der Waals surface area contributed by atoms with Gasteiger partial charge in [0.2, 0.25) is 5.91 Å². The van der Waals surface area contributed by atoms with Gasteiger partial charge in [-0.2, -0.15) is 0 Å². The molecule has 1 amide bonds. The Morgan fingerprint density at radius 1 is 1.47 bits per heavy atom. The maximum atomic E-state index is 11.6. The highest BCUT2D eigenvalue weighted by Gasteiger charge is 2.30. The minimum Gasteiger partial charge on any atom is -0.481 e. The van der Waals surface area contributed by atoms with Crippen molar-refractivity contribution in [1.29, 1.82) is 0 Å². The van der Waals surface area contributed by atoms with Gasteiger partial charge < -0.3 is 10.4 Å². The summed E-state index contributed by atoms with van der Waals surface area (Å²) in [5, 5.41) is 11.5.